The molecule has 0 aromatic heterocycles. The fourth-order valence-corrected chi connectivity index (χ4v) is 1.84. The Kier molecular flexibility index (Phi) is 2.63. The number of ether oxygens (including phenoxy) is 1. The SMILES string of the molecule is CCc1c(F)c(OC)cc(C2CC2)c1F. The molecule has 1 nitrogen and oxygen atoms in total. The second-order valence-corrected chi connectivity index (χ2v) is 3.90. The first-order chi connectivity index (χ1) is 7.19. The summed E-state index contributed by atoms with van der Waals surface area (Å²) in [7, 11) is 1.41. The molecule has 0 saturated heterocycles. The van der Waals surface area contributed by atoms with Crippen molar-refractivity contribution in [3.8, 4) is 5.75 Å². The third-order valence-electron chi connectivity index (χ3n) is 2.88. The molecular formula is C12H14F2O. The Morgan fingerprint density at radius 3 is 2.47 bits per heavy atom. The molecule has 1 aromatic carbocycles. The standard InChI is InChI=1S/C12H14F2O/c1-3-8-11(13)9(7-4-5-7)6-10(15-2)12(8)14/h6-7H,3-5H2,1-2H3. The zero-order chi connectivity index (χ0) is 11.0. The second kappa shape index (κ2) is 3.80. The fraction of sp³-hybridized carbons (Fsp3) is 0.500. The molecule has 2 rings (SSSR count). The molecule has 0 atom stereocenters. The van der Waals surface area contributed by atoms with Gasteiger partial charge in [-0.3, -0.25) is 0 Å². The maximum Gasteiger partial charge on any atom is 0.171 e. The van der Waals surface area contributed by atoms with Crippen LogP contribution in [0.25, 0.3) is 0 Å². The Hall–Kier alpha value is -1.12. The quantitative estimate of drug-likeness (QED) is 0.746. The van der Waals surface area contributed by atoms with Crippen molar-refractivity contribution in [3.63, 3.8) is 0 Å². The number of benzene rings is 1. The number of hydrogen-bond acceptors (Lipinski definition) is 1. The molecule has 0 radical (unpaired) electrons. The predicted octanol–water partition coefficient (Wildman–Crippen LogP) is 3.41. The average molecular weight is 212 g/mol. The van der Waals surface area contributed by atoms with Crippen molar-refractivity contribution >= 4 is 0 Å². The van der Waals surface area contributed by atoms with E-state index in [0.717, 1.165) is 12.8 Å². The van der Waals surface area contributed by atoms with E-state index in [1.807, 2.05) is 0 Å². The number of rotatable bonds is 3. The van der Waals surface area contributed by atoms with Crippen LogP contribution in [0.1, 0.15) is 36.8 Å². The van der Waals surface area contributed by atoms with Gasteiger partial charge >= 0.3 is 0 Å². The first kappa shape index (κ1) is 10.4. The summed E-state index contributed by atoms with van der Waals surface area (Å²) < 4.78 is 32.4. The molecule has 1 fully saturated rings. The zero-order valence-electron chi connectivity index (χ0n) is 8.94. The molecule has 82 valence electrons. The highest BCUT2D eigenvalue weighted by Gasteiger charge is 2.30. The van der Waals surface area contributed by atoms with E-state index < -0.39 is 5.82 Å². The fourth-order valence-electron chi connectivity index (χ4n) is 1.84. The summed E-state index contributed by atoms with van der Waals surface area (Å²) in [5, 5.41) is 0. The highest BCUT2D eigenvalue weighted by molar-refractivity contribution is 5.41. The van der Waals surface area contributed by atoms with Crippen LogP contribution in [0.15, 0.2) is 6.07 Å². The van der Waals surface area contributed by atoms with E-state index in [1.54, 1.807) is 6.92 Å². The van der Waals surface area contributed by atoms with E-state index in [1.165, 1.54) is 13.2 Å². The van der Waals surface area contributed by atoms with E-state index >= 15 is 0 Å². The molecule has 1 aliphatic carbocycles. The van der Waals surface area contributed by atoms with Crippen molar-refractivity contribution in [2.45, 2.75) is 32.1 Å². The van der Waals surface area contributed by atoms with Gasteiger partial charge in [0, 0.05) is 5.56 Å². The maximum absolute atomic E-state index is 13.8. The lowest BCUT2D eigenvalue weighted by Crippen LogP contribution is -2.02. The predicted molar refractivity (Wildman–Crippen MR) is 54.3 cm³/mol. The van der Waals surface area contributed by atoms with Gasteiger partial charge in [0.15, 0.2) is 11.6 Å². The largest absolute Gasteiger partial charge is 0.494 e. The molecule has 0 bridgehead atoms. The Labute approximate surface area is 88.1 Å². The summed E-state index contributed by atoms with van der Waals surface area (Å²) >= 11 is 0. The lowest BCUT2D eigenvalue weighted by molar-refractivity contribution is 0.379. The van der Waals surface area contributed by atoms with Crippen molar-refractivity contribution in [2.24, 2.45) is 0 Å². The molecular weight excluding hydrogens is 198 g/mol. The van der Waals surface area contributed by atoms with Crippen molar-refractivity contribution in [3.05, 3.63) is 28.8 Å². The van der Waals surface area contributed by atoms with Gasteiger partial charge in [0.1, 0.15) is 5.82 Å². The Morgan fingerprint density at radius 1 is 1.33 bits per heavy atom. The first-order valence-electron chi connectivity index (χ1n) is 5.23. The molecule has 1 aromatic rings. The second-order valence-electron chi connectivity index (χ2n) is 3.90. The molecule has 0 amide bonds. The summed E-state index contributed by atoms with van der Waals surface area (Å²) in [5.41, 5.74) is 0.765. The Morgan fingerprint density at radius 2 is 2.00 bits per heavy atom. The van der Waals surface area contributed by atoms with Crippen molar-refractivity contribution in [1.82, 2.24) is 0 Å². The normalized spacial score (nSPS) is 15.5. The van der Waals surface area contributed by atoms with Gasteiger partial charge < -0.3 is 4.74 Å². The summed E-state index contributed by atoms with van der Waals surface area (Å²) in [6, 6.07) is 1.50. The van der Waals surface area contributed by atoms with Gasteiger partial charge in [-0.2, -0.15) is 0 Å². The van der Waals surface area contributed by atoms with Crippen LogP contribution < -0.4 is 4.74 Å². The minimum absolute atomic E-state index is 0.149. The van der Waals surface area contributed by atoms with Gasteiger partial charge in [0.2, 0.25) is 0 Å². The maximum atomic E-state index is 13.8. The third-order valence-corrected chi connectivity index (χ3v) is 2.88. The van der Waals surface area contributed by atoms with Crippen molar-refractivity contribution in [2.75, 3.05) is 7.11 Å². The van der Waals surface area contributed by atoms with Crippen LogP contribution in [0.3, 0.4) is 0 Å². The molecule has 1 aliphatic rings. The highest BCUT2D eigenvalue weighted by Crippen LogP contribution is 2.44. The van der Waals surface area contributed by atoms with Gasteiger partial charge in [-0.15, -0.1) is 0 Å². The van der Waals surface area contributed by atoms with Crippen LogP contribution >= 0.6 is 0 Å². The van der Waals surface area contributed by atoms with Crippen LogP contribution in [0, 0.1) is 11.6 Å². The van der Waals surface area contributed by atoms with E-state index in [2.05, 4.69) is 0 Å². The highest BCUT2D eigenvalue weighted by atomic mass is 19.1. The third kappa shape index (κ3) is 1.71. The van der Waals surface area contributed by atoms with E-state index in [9.17, 15) is 8.78 Å². The number of halogens is 2. The molecule has 0 heterocycles. The van der Waals surface area contributed by atoms with Gasteiger partial charge in [-0.25, -0.2) is 8.78 Å². The smallest absolute Gasteiger partial charge is 0.171 e. The summed E-state index contributed by atoms with van der Waals surface area (Å²) in [5.74, 6) is -0.500. The van der Waals surface area contributed by atoms with Crippen molar-refractivity contribution < 1.29 is 13.5 Å². The molecule has 15 heavy (non-hydrogen) atoms. The monoisotopic (exact) mass is 212 g/mol. The molecule has 0 spiro atoms. The molecule has 0 aliphatic heterocycles. The number of methoxy groups -OCH3 is 1. The molecule has 3 heteroatoms. The molecule has 1 saturated carbocycles. The molecule has 0 unspecified atom stereocenters. The summed E-state index contributed by atoms with van der Waals surface area (Å²) in [6.45, 7) is 1.75. The lowest BCUT2D eigenvalue weighted by atomic mass is 10.0. The summed E-state index contributed by atoms with van der Waals surface area (Å²) in [6.07, 6.45) is 2.35. The summed E-state index contributed by atoms with van der Waals surface area (Å²) in [4.78, 5) is 0. The van der Waals surface area contributed by atoms with E-state index in [4.69, 9.17) is 4.74 Å². The van der Waals surface area contributed by atoms with Gasteiger partial charge in [-0.1, -0.05) is 6.92 Å². The van der Waals surface area contributed by atoms with Crippen LogP contribution in [0.2, 0.25) is 0 Å². The van der Waals surface area contributed by atoms with Crippen molar-refractivity contribution in [1.29, 1.82) is 0 Å². The van der Waals surface area contributed by atoms with Crippen LogP contribution in [0.4, 0.5) is 8.78 Å². The van der Waals surface area contributed by atoms with Gasteiger partial charge in [0.25, 0.3) is 0 Å². The van der Waals surface area contributed by atoms with Gasteiger partial charge in [-0.05, 0) is 36.8 Å². The lowest BCUT2D eigenvalue weighted by Gasteiger charge is -2.11. The van der Waals surface area contributed by atoms with E-state index in [-0.39, 0.29) is 23.0 Å². The van der Waals surface area contributed by atoms with Crippen LogP contribution in [0.5, 0.6) is 5.75 Å². The van der Waals surface area contributed by atoms with Crippen LogP contribution in [-0.2, 0) is 6.42 Å². The first-order valence-corrected chi connectivity index (χ1v) is 5.23. The minimum Gasteiger partial charge on any atom is -0.494 e. The molecule has 0 N–H and O–H groups in total. The minimum atomic E-state index is -0.554. The Bertz CT molecular complexity index is 384. The van der Waals surface area contributed by atoms with E-state index in [0.29, 0.717) is 12.0 Å². The van der Waals surface area contributed by atoms with Gasteiger partial charge in [0.05, 0.1) is 7.11 Å². The Balaban J connectivity index is 2.56. The number of hydrogen-bond donors (Lipinski definition) is 0. The zero-order valence-corrected chi connectivity index (χ0v) is 8.94. The average Bonchev–Trinajstić information content (AvgIpc) is 3.03. The topological polar surface area (TPSA) is 9.23 Å². The van der Waals surface area contributed by atoms with Crippen LogP contribution in [-0.4, -0.2) is 7.11 Å².